The number of nitrogens with one attached hydrogen (secondary N) is 2. The van der Waals surface area contributed by atoms with Crippen LogP contribution in [0.4, 0.5) is 11.4 Å². The van der Waals surface area contributed by atoms with Crippen LogP contribution in [-0.2, 0) is 4.79 Å². The molecule has 1 aromatic rings. The van der Waals surface area contributed by atoms with Gasteiger partial charge in [0.2, 0.25) is 5.91 Å². The summed E-state index contributed by atoms with van der Waals surface area (Å²) in [6.07, 6.45) is 2.45. The van der Waals surface area contributed by atoms with E-state index in [2.05, 4.69) is 34.7 Å². The van der Waals surface area contributed by atoms with E-state index >= 15 is 0 Å². The molecule has 3 rings (SSSR count). The highest BCUT2D eigenvalue weighted by Gasteiger charge is 2.19. The molecule has 0 saturated carbocycles. The van der Waals surface area contributed by atoms with Gasteiger partial charge >= 0.3 is 0 Å². The van der Waals surface area contributed by atoms with Crippen molar-refractivity contribution < 1.29 is 4.79 Å². The number of hydrogen-bond acceptors (Lipinski definition) is 4. The Balaban J connectivity index is 1.71. The second-order valence-electron chi connectivity index (χ2n) is 5.29. The lowest BCUT2D eigenvalue weighted by molar-refractivity contribution is -0.113. The molecule has 2 aliphatic rings. The highest BCUT2D eigenvalue weighted by Crippen LogP contribution is 2.33. The largest absolute Gasteiger partial charge is 0.381 e. The summed E-state index contributed by atoms with van der Waals surface area (Å²) < 4.78 is 0. The third kappa shape index (κ3) is 3.04. The van der Waals surface area contributed by atoms with Gasteiger partial charge < -0.3 is 15.5 Å². The zero-order valence-corrected chi connectivity index (χ0v) is 11.9. The summed E-state index contributed by atoms with van der Waals surface area (Å²) in [5, 5.41) is 6.51. The van der Waals surface area contributed by atoms with Gasteiger partial charge in [0, 0.05) is 23.2 Å². The highest BCUT2D eigenvalue weighted by atomic mass is 32.2. The summed E-state index contributed by atoms with van der Waals surface area (Å²) in [6.45, 7) is 2.27. The van der Waals surface area contributed by atoms with Gasteiger partial charge in [-0.25, -0.2) is 0 Å². The molecule has 0 aromatic heterocycles. The molecule has 1 saturated heterocycles. The van der Waals surface area contributed by atoms with E-state index in [1.807, 2.05) is 6.07 Å². The van der Waals surface area contributed by atoms with Gasteiger partial charge in [0.1, 0.15) is 0 Å². The van der Waals surface area contributed by atoms with Crippen LogP contribution in [0.15, 0.2) is 23.1 Å². The molecule has 0 aliphatic carbocycles. The van der Waals surface area contributed by atoms with Crippen molar-refractivity contribution in [2.24, 2.45) is 0 Å². The van der Waals surface area contributed by atoms with Crippen LogP contribution in [0.2, 0.25) is 0 Å². The quantitative estimate of drug-likeness (QED) is 0.870. The molecule has 1 unspecified atom stereocenters. The first-order valence-corrected chi connectivity index (χ1v) is 7.71. The van der Waals surface area contributed by atoms with E-state index in [4.69, 9.17) is 0 Å². The number of piperidine rings is 1. The lowest BCUT2D eigenvalue weighted by Crippen LogP contribution is -2.39. The summed E-state index contributed by atoms with van der Waals surface area (Å²) in [5.74, 6) is 0.611. The molecule has 4 nitrogen and oxygen atoms in total. The molecule has 1 atom stereocenters. The van der Waals surface area contributed by atoms with Gasteiger partial charge in [-0.2, -0.15) is 0 Å². The van der Waals surface area contributed by atoms with Gasteiger partial charge in [-0.05, 0) is 44.6 Å². The Labute approximate surface area is 117 Å². The maximum absolute atomic E-state index is 11.4. The van der Waals surface area contributed by atoms with Crippen LogP contribution in [0.1, 0.15) is 12.8 Å². The Morgan fingerprint density at radius 3 is 3.21 bits per heavy atom. The standard InChI is InChI=1S/C14H19N3OS/c1-17-6-2-3-11(8-17)15-10-4-5-13-12(7-10)16-14(18)9-19-13/h4-5,7,11,15H,2-3,6,8-9H2,1H3,(H,16,18). The average molecular weight is 277 g/mol. The average Bonchev–Trinajstić information content (AvgIpc) is 2.38. The number of fused-ring (bicyclic) bond motifs is 1. The predicted molar refractivity (Wildman–Crippen MR) is 79.9 cm³/mol. The molecule has 102 valence electrons. The number of likely N-dealkylation sites (tertiary alicyclic amines) is 1. The summed E-state index contributed by atoms with van der Waals surface area (Å²) in [4.78, 5) is 14.9. The fourth-order valence-corrected chi connectivity index (χ4v) is 3.48. The SMILES string of the molecule is CN1CCCC(Nc2ccc3c(c2)NC(=O)CS3)C1. The van der Waals surface area contributed by atoms with Gasteiger partial charge in [-0.15, -0.1) is 11.8 Å². The Bertz CT molecular complexity index is 492. The van der Waals surface area contributed by atoms with Crippen molar-refractivity contribution in [3.8, 4) is 0 Å². The molecule has 2 N–H and O–H groups in total. The van der Waals surface area contributed by atoms with E-state index in [1.54, 1.807) is 11.8 Å². The van der Waals surface area contributed by atoms with Gasteiger partial charge in [0.05, 0.1) is 11.4 Å². The normalized spacial score (nSPS) is 23.6. The maximum Gasteiger partial charge on any atom is 0.234 e. The number of rotatable bonds is 2. The summed E-state index contributed by atoms with van der Waals surface area (Å²) >= 11 is 1.60. The number of amides is 1. The van der Waals surface area contributed by atoms with Gasteiger partial charge in [0.15, 0.2) is 0 Å². The van der Waals surface area contributed by atoms with Crippen LogP contribution in [0.3, 0.4) is 0 Å². The monoisotopic (exact) mass is 277 g/mol. The van der Waals surface area contributed by atoms with E-state index in [0.717, 1.165) is 22.8 Å². The number of thioether (sulfide) groups is 1. The molecule has 1 fully saturated rings. The smallest absolute Gasteiger partial charge is 0.234 e. The van der Waals surface area contributed by atoms with Crippen molar-refractivity contribution in [1.82, 2.24) is 4.90 Å². The number of benzene rings is 1. The molecule has 1 amide bonds. The number of likely N-dealkylation sites (N-methyl/N-ethyl adjacent to an activating group) is 1. The molecular formula is C14H19N3OS. The van der Waals surface area contributed by atoms with E-state index in [9.17, 15) is 4.79 Å². The van der Waals surface area contributed by atoms with Gasteiger partial charge in [-0.3, -0.25) is 4.79 Å². The minimum Gasteiger partial charge on any atom is -0.381 e. The Morgan fingerprint density at radius 2 is 2.37 bits per heavy atom. The highest BCUT2D eigenvalue weighted by molar-refractivity contribution is 8.00. The lowest BCUT2D eigenvalue weighted by atomic mass is 10.1. The van der Waals surface area contributed by atoms with Crippen molar-refractivity contribution in [2.75, 3.05) is 36.5 Å². The first kappa shape index (κ1) is 12.8. The van der Waals surface area contributed by atoms with Crippen LogP contribution in [-0.4, -0.2) is 42.7 Å². The van der Waals surface area contributed by atoms with Crippen molar-refractivity contribution in [3.63, 3.8) is 0 Å². The molecule has 19 heavy (non-hydrogen) atoms. The first-order valence-electron chi connectivity index (χ1n) is 6.72. The number of carbonyl (C=O) groups is 1. The fraction of sp³-hybridized carbons (Fsp3) is 0.500. The lowest BCUT2D eigenvalue weighted by Gasteiger charge is -2.31. The summed E-state index contributed by atoms with van der Waals surface area (Å²) in [5.41, 5.74) is 2.04. The molecule has 0 spiro atoms. The van der Waals surface area contributed by atoms with Gasteiger partial charge in [-0.1, -0.05) is 0 Å². The fourth-order valence-electron chi connectivity index (χ4n) is 2.69. The van der Waals surface area contributed by atoms with E-state index in [1.165, 1.54) is 19.4 Å². The molecule has 1 aromatic carbocycles. The number of nitrogens with zero attached hydrogens (tertiary/aromatic N) is 1. The number of hydrogen-bond donors (Lipinski definition) is 2. The summed E-state index contributed by atoms with van der Waals surface area (Å²) in [7, 11) is 2.16. The van der Waals surface area contributed by atoms with Gasteiger partial charge in [0.25, 0.3) is 0 Å². The predicted octanol–water partition coefficient (Wildman–Crippen LogP) is 2.24. The minimum atomic E-state index is 0.0899. The number of anilines is 2. The Morgan fingerprint density at radius 1 is 1.47 bits per heavy atom. The van der Waals surface area contributed by atoms with Crippen molar-refractivity contribution in [3.05, 3.63) is 18.2 Å². The second kappa shape index (κ2) is 5.43. The van der Waals surface area contributed by atoms with E-state index < -0.39 is 0 Å². The molecule has 2 heterocycles. The van der Waals surface area contributed by atoms with Crippen LogP contribution >= 0.6 is 11.8 Å². The zero-order valence-electron chi connectivity index (χ0n) is 11.1. The molecule has 2 aliphatic heterocycles. The van der Waals surface area contributed by atoms with Crippen LogP contribution in [0.5, 0.6) is 0 Å². The first-order chi connectivity index (χ1) is 9.20. The van der Waals surface area contributed by atoms with Crippen molar-refractivity contribution >= 4 is 29.0 Å². The third-order valence-corrected chi connectivity index (χ3v) is 4.68. The number of carbonyl (C=O) groups excluding carboxylic acids is 1. The summed E-state index contributed by atoms with van der Waals surface area (Å²) in [6, 6.07) is 6.75. The van der Waals surface area contributed by atoms with Crippen LogP contribution < -0.4 is 10.6 Å². The molecule has 0 bridgehead atoms. The topological polar surface area (TPSA) is 44.4 Å². The zero-order chi connectivity index (χ0) is 13.2. The molecular weight excluding hydrogens is 258 g/mol. The van der Waals surface area contributed by atoms with E-state index in [-0.39, 0.29) is 5.91 Å². The van der Waals surface area contributed by atoms with Crippen molar-refractivity contribution in [1.29, 1.82) is 0 Å². The van der Waals surface area contributed by atoms with Crippen molar-refractivity contribution in [2.45, 2.75) is 23.8 Å². The third-order valence-electron chi connectivity index (χ3n) is 3.61. The second-order valence-corrected chi connectivity index (χ2v) is 6.31. The van der Waals surface area contributed by atoms with E-state index in [0.29, 0.717) is 11.8 Å². The minimum absolute atomic E-state index is 0.0899. The molecule has 5 heteroatoms. The van der Waals surface area contributed by atoms with Crippen LogP contribution in [0, 0.1) is 0 Å². The molecule has 0 radical (unpaired) electrons. The Kier molecular flexibility index (Phi) is 3.66. The maximum atomic E-state index is 11.4. The Hall–Kier alpha value is -1.20. The van der Waals surface area contributed by atoms with Crippen LogP contribution in [0.25, 0.3) is 0 Å².